The van der Waals surface area contributed by atoms with E-state index in [1.165, 1.54) is 49.3 Å². The zero-order valence-electron chi connectivity index (χ0n) is 16.3. The molecule has 1 saturated heterocycles. The fourth-order valence-corrected chi connectivity index (χ4v) is 5.41. The zero-order chi connectivity index (χ0) is 19.3. The van der Waals surface area contributed by atoms with E-state index in [1.54, 1.807) is 6.07 Å². The van der Waals surface area contributed by atoms with Crippen molar-refractivity contribution in [3.05, 3.63) is 58.9 Å². The van der Waals surface area contributed by atoms with Gasteiger partial charge in [-0.25, -0.2) is 4.39 Å². The highest BCUT2D eigenvalue weighted by molar-refractivity contribution is 5.71. The predicted octanol–water partition coefficient (Wildman–Crippen LogP) is 4.57. The first-order valence-electron chi connectivity index (χ1n) is 10.4. The number of fused-ring (bicyclic) bond motifs is 2. The van der Waals surface area contributed by atoms with E-state index in [2.05, 4.69) is 35.5 Å². The summed E-state index contributed by atoms with van der Waals surface area (Å²) in [6.07, 6.45) is 6.24. The lowest BCUT2D eigenvalue weighted by atomic mass is 9.91. The van der Waals surface area contributed by atoms with Crippen LogP contribution in [0.1, 0.15) is 54.7 Å². The number of nitrogens with zero attached hydrogens (tertiary/aromatic N) is 2. The fourth-order valence-electron chi connectivity index (χ4n) is 5.41. The molecule has 2 aromatic carbocycles. The lowest BCUT2D eigenvalue weighted by Crippen LogP contribution is -2.46. The molecule has 1 N–H and O–H groups in total. The van der Waals surface area contributed by atoms with Crippen LogP contribution in [0, 0.1) is 17.1 Å². The van der Waals surface area contributed by atoms with Gasteiger partial charge in [0.2, 0.25) is 0 Å². The molecule has 3 aliphatic rings. The van der Waals surface area contributed by atoms with Gasteiger partial charge in [0.25, 0.3) is 0 Å². The van der Waals surface area contributed by atoms with E-state index in [9.17, 15) is 4.39 Å². The Kier molecular flexibility index (Phi) is 4.26. The third kappa shape index (κ3) is 2.94. The Morgan fingerprint density at radius 1 is 1.25 bits per heavy atom. The molecule has 0 unspecified atom stereocenters. The average molecular weight is 375 g/mol. The number of hydrogen-bond acceptors (Lipinski definition) is 3. The molecule has 2 saturated carbocycles. The Bertz CT molecular complexity index is 959. The quantitative estimate of drug-likeness (QED) is 0.832. The molecular weight excluding hydrogens is 349 g/mol. The van der Waals surface area contributed by atoms with Crippen LogP contribution in [0.15, 0.2) is 36.4 Å². The summed E-state index contributed by atoms with van der Waals surface area (Å²) in [7, 11) is 2.10. The summed E-state index contributed by atoms with van der Waals surface area (Å²) < 4.78 is 14.3. The summed E-state index contributed by atoms with van der Waals surface area (Å²) in [6, 6.07) is 14.1. The van der Waals surface area contributed by atoms with Crippen molar-refractivity contribution in [3.8, 4) is 17.2 Å². The average Bonchev–Trinajstić information content (AvgIpc) is 3.38. The van der Waals surface area contributed by atoms with E-state index >= 15 is 0 Å². The molecule has 2 aromatic rings. The van der Waals surface area contributed by atoms with Gasteiger partial charge in [-0.05, 0) is 79.5 Å². The molecule has 2 aliphatic carbocycles. The maximum absolute atomic E-state index is 14.3. The van der Waals surface area contributed by atoms with Gasteiger partial charge in [-0.2, -0.15) is 5.26 Å². The largest absolute Gasteiger partial charge is 0.313 e. The van der Waals surface area contributed by atoms with Gasteiger partial charge < -0.3 is 5.32 Å². The second kappa shape index (κ2) is 6.69. The van der Waals surface area contributed by atoms with Crippen LogP contribution in [0.4, 0.5) is 4.39 Å². The van der Waals surface area contributed by atoms with Crippen molar-refractivity contribution in [3.63, 3.8) is 0 Å². The van der Waals surface area contributed by atoms with Crippen molar-refractivity contribution in [2.24, 2.45) is 0 Å². The SMILES string of the molecule is CN[C@]12CC[C@H](C1)N(Cc1cccc(-c3ccc(C#N)c(F)c3)c1C1CC1)C2. The molecule has 3 fully saturated rings. The van der Waals surface area contributed by atoms with Gasteiger partial charge in [-0.1, -0.05) is 24.3 Å². The number of piperidine rings is 1. The number of likely N-dealkylation sites (N-methyl/N-ethyl adjacent to an activating group) is 1. The van der Waals surface area contributed by atoms with Crippen molar-refractivity contribution in [2.75, 3.05) is 13.6 Å². The van der Waals surface area contributed by atoms with Gasteiger partial charge in [0.1, 0.15) is 11.9 Å². The Hall–Kier alpha value is -2.22. The summed E-state index contributed by atoms with van der Waals surface area (Å²) in [4.78, 5) is 2.64. The lowest BCUT2D eigenvalue weighted by molar-refractivity contribution is 0.184. The monoisotopic (exact) mass is 375 g/mol. The van der Waals surface area contributed by atoms with Gasteiger partial charge in [-0.15, -0.1) is 0 Å². The zero-order valence-corrected chi connectivity index (χ0v) is 16.3. The standard InChI is InChI=1S/C24H26FN3/c1-27-24-10-9-20(12-24)28(15-24)14-19-3-2-4-21(23(19)16-5-6-16)17-7-8-18(13-26)22(25)11-17/h2-4,7-8,11,16,20,27H,5-6,9-10,12,14-15H2,1H3/t20-,24-/m1/s1. The molecule has 144 valence electrons. The normalized spacial score (nSPS) is 26.5. The van der Waals surface area contributed by atoms with E-state index in [0.29, 0.717) is 17.5 Å². The fraction of sp³-hybridized carbons (Fsp3) is 0.458. The predicted molar refractivity (Wildman–Crippen MR) is 108 cm³/mol. The minimum atomic E-state index is -0.431. The van der Waals surface area contributed by atoms with Crippen LogP contribution in [-0.4, -0.2) is 30.1 Å². The summed E-state index contributed by atoms with van der Waals surface area (Å²) in [5, 5.41) is 12.6. The van der Waals surface area contributed by atoms with Crippen LogP contribution < -0.4 is 5.32 Å². The van der Waals surface area contributed by atoms with Crippen LogP contribution >= 0.6 is 0 Å². The molecule has 0 radical (unpaired) electrons. The van der Waals surface area contributed by atoms with Gasteiger partial charge >= 0.3 is 0 Å². The maximum atomic E-state index is 14.3. The van der Waals surface area contributed by atoms with Crippen molar-refractivity contribution in [1.82, 2.24) is 10.2 Å². The van der Waals surface area contributed by atoms with Crippen LogP contribution in [0.5, 0.6) is 0 Å². The van der Waals surface area contributed by atoms with Crippen molar-refractivity contribution >= 4 is 0 Å². The van der Waals surface area contributed by atoms with Crippen LogP contribution in [0.3, 0.4) is 0 Å². The smallest absolute Gasteiger partial charge is 0.141 e. The number of halogens is 1. The minimum absolute atomic E-state index is 0.110. The summed E-state index contributed by atoms with van der Waals surface area (Å²) in [5.41, 5.74) is 5.22. The highest BCUT2D eigenvalue weighted by atomic mass is 19.1. The molecule has 1 heterocycles. The molecule has 4 heteroatoms. The highest BCUT2D eigenvalue weighted by Crippen LogP contribution is 2.48. The number of rotatable bonds is 5. The second-order valence-corrected chi connectivity index (χ2v) is 8.79. The first-order valence-corrected chi connectivity index (χ1v) is 10.4. The molecule has 0 spiro atoms. The summed E-state index contributed by atoms with van der Waals surface area (Å²) in [5.74, 6) is 0.155. The topological polar surface area (TPSA) is 39.1 Å². The van der Waals surface area contributed by atoms with Crippen molar-refractivity contribution < 1.29 is 4.39 Å². The first kappa shape index (κ1) is 17.8. The molecule has 0 amide bonds. The third-order valence-corrected chi connectivity index (χ3v) is 7.09. The number of hydrogen-bond donors (Lipinski definition) is 1. The Morgan fingerprint density at radius 2 is 2.11 bits per heavy atom. The Balaban J connectivity index is 1.50. The lowest BCUT2D eigenvalue weighted by Gasteiger charge is -2.33. The molecular formula is C24H26FN3. The van der Waals surface area contributed by atoms with Crippen LogP contribution in [-0.2, 0) is 6.54 Å². The number of nitrogens with one attached hydrogen (secondary N) is 1. The Labute approximate surface area is 166 Å². The number of benzene rings is 2. The van der Waals surface area contributed by atoms with E-state index in [-0.39, 0.29) is 5.56 Å². The van der Waals surface area contributed by atoms with Crippen LogP contribution in [0.25, 0.3) is 11.1 Å². The van der Waals surface area contributed by atoms with Crippen LogP contribution in [0.2, 0.25) is 0 Å². The van der Waals surface area contributed by atoms with Crippen molar-refractivity contribution in [1.29, 1.82) is 5.26 Å². The van der Waals surface area contributed by atoms with Gasteiger partial charge in [0, 0.05) is 24.7 Å². The van der Waals surface area contributed by atoms with E-state index in [4.69, 9.17) is 5.26 Å². The molecule has 3 nitrogen and oxygen atoms in total. The summed E-state index contributed by atoms with van der Waals surface area (Å²) >= 11 is 0. The van der Waals surface area contributed by atoms with Crippen molar-refractivity contribution in [2.45, 2.75) is 56.1 Å². The molecule has 2 bridgehead atoms. The number of nitriles is 1. The van der Waals surface area contributed by atoms with E-state index < -0.39 is 5.82 Å². The van der Waals surface area contributed by atoms with Gasteiger partial charge in [-0.3, -0.25) is 4.90 Å². The highest BCUT2D eigenvalue weighted by Gasteiger charge is 2.48. The maximum Gasteiger partial charge on any atom is 0.141 e. The molecule has 2 atom stereocenters. The van der Waals surface area contributed by atoms with E-state index in [0.717, 1.165) is 24.2 Å². The van der Waals surface area contributed by atoms with Gasteiger partial charge in [0.05, 0.1) is 5.56 Å². The van der Waals surface area contributed by atoms with Gasteiger partial charge in [0.15, 0.2) is 0 Å². The minimum Gasteiger partial charge on any atom is -0.313 e. The summed E-state index contributed by atoms with van der Waals surface area (Å²) in [6.45, 7) is 2.10. The Morgan fingerprint density at radius 3 is 2.79 bits per heavy atom. The third-order valence-electron chi connectivity index (χ3n) is 7.09. The molecule has 5 rings (SSSR count). The number of likely N-dealkylation sites (tertiary alicyclic amines) is 1. The molecule has 28 heavy (non-hydrogen) atoms. The van der Waals surface area contributed by atoms with E-state index in [1.807, 2.05) is 12.1 Å². The second-order valence-electron chi connectivity index (χ2n) is 8.79. The molecule has 0 aromatic heterocycles. The molecule has 1 aliphatic heterocycles. The first-order chi connectivity index (χ1) is 13.6.